The number of hydrogen-bond acceptors (Lipinski definition) is 2. The minimum atomic E-state index is 0.316. The molecule has 0 spiro atoms. The van der Waals surface area contributed by atoms with E-state index in [0.717, 1.165) is 24.4 Å². The molecule has 0 heterocycles. The van der Waals surface area contributed by atoms with Crippen molar-refractivity contribution in [2.75, 3.05) is 13.6 Å². The summed E-state index contributed by atoms with van der Waals surface area (Å²) in [5.74, 6) is 1.72. The van der Waals surface area contributed by atoms with E-state index in [2.05, 4.69) is 25.8 Å². The minimum absolute atomic E-state index is 0.316. The zero-order valence-corrected chi connectivity index (χ0v) is 11.2. The molecule has 0 aromatic rings. The third kappa shape index (κ3) is 2.02. The zero-order valence-electron chi connectivity index (χ0n) is 11.2. The highest BCUT2D eigenvalue weighted by Gasteiger charge is 2.43. The van der Waals surface area contributed by atoms with Crippen molar-refractivity contribution < 1.29 is 0 Å². The first-order valence-electron chi connectivity index (χ1n) is 7.02. The van der Waals surface area contributed by atoms with Gasteiger partial charge in [-0.05, 0) is 51.0 Å². The van der Waals surface area contributed by atoms with Crippen molar-refractivity contribution >= 4 is 0 Å². The Balaban J connectivity index is 2.06. The molecule has 0 amide bonds. The Hall–Kier alpha value is -0.0800. The highest BCUT2D eigenvalue weighted by atomic mass is 15.2. The van der Waals surface area contributed by atoms with Gasteiger partial charge in [0.05, 0.1) is 0 Å². The van der Waals surface area contributed by atoms with Crippen molar-refractivity contribution in [2.24, 2.45) is 17.6 Å². The second kappa shape index (κ2) is 4.66. The lowest BCUT2D eigenvalue weighted by atomic mass is 9.69. The zero-order chi connectivity index (χ0) is 11.8. The van der Waals surface area contributed by atoms with Crippen LogP contribution in [0.25, 0.3) is 0 Å². The Morgan fingerprint density at radius 2 is 1.88 bits per heavy atom. The normalized spacial score (nSPS) is 41.1. The molecule has 16 heavy (non-hydrogen) atoms. The molecule has 3 unspecified atom stereocenters. The van der Waals surface area contributed by atoms with Gasteiger partial charge in [-0.15, -0.1) is 0 Å². The van der Waals surface area contributed by atoms with Crippen LogP contribution in [0.3, 0.4) is 0 Å². The monoisotopic (exact) mass is 224 g/mol. The van der Waals surface area contributed by atoms with E-state index in [1.165, 1.54) is 38.5 Å². The summed E-state index contributed by atoms with van der Waals surface area (Å²) in [5.41, 5.74) is 6.44. The third-order valence-corrected chi connectivity index (χ3v) is 5.49. The highest BCUT2D eigenvalue weighted by molar-refractivity contribution is 4.99. The Bertz CT molecular complexity index is 237. The first-order valence-corrected chi connectivity index (χ1v) is 7.02. The molecule has 2 saturated carbocycles. The van der Waals surface area contributed by atoms with Gasteiger partial charge < -0.3 is 5.73 Å². The smallest absolute Gasteiger partial charge is 0.0334 e. The molecule has 0 aromatic carbocycles. The average Bonchev–Trinajstić information content (AvgIpc) is 2.20. The van der Waals surface area contributed by atoms with Crippen molar-refractivity contribution in [1.82, 2.24) is 4.90 Å². The fourth-order valence-corrected chi connectivity index (χ4v) is 3.49. The maximum atomic E-state index is 6.12. The summed E-state index contributed by atoms with van der Waals surface area (Å²) < 4.78 is 0. The van der Waals surface area contributed by atoms with Gasteiger partial charge in [0.15, 0.2) is 0 Å². The number of hydrogen-bond donors (Lipinski definition) is 1. The molecule has 2 fully saturated rings. The third-order valence-electron chi connectivity index (χ3n) is 5.49. The summed E-state index contributed by atoms with van der Waals surface area (Å²) in [6.07, 6.45) is 8.17. The lowest BCUT2D eigenvalue weighted by Crippen LogP contribution is -2.60. The second-order valence-corrected chi connectivity index (χ2v) is 6.32. The molecule has 2 heteroatoms. The molecular formula is C14H28N2. The molecule has 2 aliphatic rings. The van der Waals surface area contributed by atoms with E-state index in [0.29, 0.717) is 5.54 Å². The van der Waals surface area contributed by atoms with E-state index < -0.39 is 0 Å². The van der Waals surface area contributed by atoms with E-state index >= 15 is 0 Å². The Morgan fingerprint density at radius 3 is 2.31 bits per heavy atom. The Labute approximate surface area is 101 Å². The van der Waals surface area contributed by atoms with E-state index in [4.69, 9.17) is 5.73 Å². The topological polar surface area (TPSA) is 29.3 Å². The van der Waals surface area contributed by atoms with Crippen LogP contribution >= 0.6 is 0 Å². The summed E-state index contributed by atoms with van der Waals surface area (Å²) >= 11 is 0. The van der Waals surface area contributed by atoms with E-state index in [1.54, 1.807) is 0 Å². The van der Waals surface area contributed by atoms with Crippen LogP contribution in [0, 0.1) is 11.8 Å². The van der Waals surface area contributed by atoms with Crippen LogP contribution in [-0.4, -0.2) is 30.1 Å². The van der Waals surface area contributed by atoms with E-state index in [-0.39, 0.29) is 0 Å². The maximum Gasteiger partial charge on any atom is 0.0334 e. The fourth-order valence-electron chi connectivity index (χ4n) is 3.49. The highest BCUT2D eigenvalue weighted by Crippen LogP contribution is 2.41. The van der Waals surface area contributed by atoms with Crippen LogP contribution in [0.5, 0.6) is 0 Å². The minimum Gasteiger partial charge on any atom is -0.329 e. The van der Waals surface area contributed by atoms with Crippen LogP contribution in [-0.2, 0) is 0 Å². The lowest BCUT2D eigenvalue weighted by molar-refractivity contribution is -0.0125. The van der Waals surface area contributed by atoms with Crippen molar-refractivity contribution in [3.05, 3.63) is 0 Å². The predicted octanol–water partition coefficient (Wildman–Crippen LogP) is 2.62. The van der Waals surface area contributed by atoms with E-state index in [9.17, 15) is 0 Å². The standard InChI is InChI=1S/C14H28N2/c1-11-7-8-14(10-15,9-12(11)2)16(3)13-5-4-6-13/h11-13H,4-10,15H2,1-3H3. The SMILES string of the molecule is CC1CCC(CN)(N(C)C2CCC2)CC1C. The molecule has 0 radical (unpaired) electrons. The molecule has 0 aromatic heterocycles. The van der Waals surface area contributed by atoms with Crippen molar-refractivity contribution in [3.63, 3.8) is 0 Å². The molecule has 2 rings (SSSR count). The summed E-state index contributed by atoms with van der Waals surface area (Å²) in [7, 11) is 2.32. The number of rotatable bonds is 3. The van der Waals surface area contributed by atoms with Crippen LogP contribution < -0.4 is 5.73 Å². The molecule has 0 saturated heterocycles. The molecule has 2 N–H and O–H groups in total. The Morgan fingerprint density at radius 1 is 1.19 bits per heavy atom. The first kappa shape index (κ1) is 12.4. The van der Waals surface area contributed by atoms with Crippen LogP contribution in [0.1, 0.15) is 52.4 Å². The molecule has 0 aliphatic heterocycles. The van der Waals surface area contributed by atoms with Gasteiger partial charge in [0.1, 0.15) is 0 Å². The largest absolute Gasteiger partial charge is 0.329 e. The predicted molar refractivity (Wildman–Crippen MR) is 69.4 cm³/mol. The maximum absolute atomic E-state index is 6.12. The van der Waals surface area contributed by atoms with Gasteiger partial charge >= 0.3 is 0 Å². The second-order valence-electron chi connectivity index (χ2n) is 6.32. The molecule has 94 valence electrons. The van der Waals surface area contributed by atoms with Gasteiger partial charge in [0.25, 0.3) is 0 Å². The van der Waals surface area contributed by atoms with E-state index in [1.807, 2.05) is 0 Å². The lowest BCUT2D eigenvalue weighted by Gasteiger charge is -2.52. The number of likely N-dealkylation sites (N-methyl/N-ethyl adjacent to an activating group) is 1. The molecule has 3 atom stereocenters. The average molecular weight is 224 g/mol. The van der Waals surface area contributed by atoms with Crippen molar-refractivity contribution in [2.45, 2.75) is 64.0 Å². The first-order chi connectivity index (χ1) is 7.59. The van der Waals surface area contributed by atoms with Gasteiger partial charge in [-0.25, -0.2) is 0 Å². The van der Waals surface area contributed by atoms with Crippen LogP contribution in [0.15, 0.2) is 0 Å². The fraction of sp³-hybridized carbons (Fsp3) is 1.00. The summed E-state index contributed by atoms with van der Waals surface area (Å²) in [6.45, 7) is 5.65. The number of nitrogens with zero attached hydrogens (tertiary/aromatic N) is 1. The van der Waals surface area contributed by atoms with Crippen molar-refractivity contribution in [1.29, 1.82) is 0 Å². The van der Waals surface area contributed by atoms with Crippen LogP contribution in [0.4, 0.5) is 0 Å². The summed E-state index contributed by atoms with van der Waals surface area (Å²) in [4.78, 5) is 2.64. The molecular weight excluding hydrogens is 196 g/mol. The van der Waals surface area contributed by atoms with Gasteiger partial charge in [-0.2, -0.15) is 0 Å². The van der Waals surface area contributed by atoms with Crippen molar-refractivity contribution in [3.8, 4) is 0 Å². The quantitative estimate of drug-likeness (QED) is 0.798. The van der Waals surface area contributed by atoms with Gasteiger partial charge in [-0.1, -0.05) is 20.3 Å². The van der Waals surface area contributed by atoms with Crippen LogP contribution in [0.2, 0.25) is 0 Å². The van der Waals surface area contributed by atoms with Gasteiger partial charge in [0, 0.05) is 18.1 Å². The summed E-state index contributed by atoms with van der Waals surface area (Å²) in [5, 5.41) is 0. The summed E-state index contributed by atoms with van der Waals surface area (Å²) in [6, 6.07) is 0.823. The molecule has 2 aliphatic carbocycles. The Kier molecular flexibility index (Phi) is 3.60. The van der Waals surface area contributed by atoms with Gasteiger partial charge in [0.2, 0.25) is 0 Å². The number of nitrogens with two attached hydrogens (primary N) is 1. The molecule has 0 bridgehead atoms. The van der Waals surface area contributed by atoms with Gasteiger partial charge in [-0.3, -0.25) is 4.90 Å². The molecule has 2 nitrogen and oxygen atoms in total.